The summed E-state index contributed by atoms with van der Waals surface area (Å²) in [6.07, 6.45) is 2.27. The van der Waals surface area contributed by atoms with E-state index in [0.29, 0.717) is 30.0 Å². The second-order valence-electron chi connectivity index (χ2n) is 4.94. The number of rotatable bonds is 3. The second-order valence-corrected chi connectivity index (χ2v) is 4.94. The maximum Gasteiger partial charge on any atom is 0.335 e. The zero-order chi connectivity index (χ0) is 15.5. The Hall–Kier alpha value is -2.89. The molecule has 6 nitrogen and oxygen atoms in total. The predicted octanol–water partition coefficient (Wildman–Crippen LogP) is 2.03. The summed E-state index contributed by atoms with van der Waals surface area (Å²) >= 11 is 0. The highest BCUT2D eigenvalue weighted by molar-refractivity contribution is 5.97. The van der Waals surface area contributed by atoms with Crippen LogP contribution in [0.3, 0.4) is 0 Å². The molecular formula is C16H14N2O4. The van der Waals surface area contributed by atoms with E-state index in [1.165, 1.54) is 12.1 Å². The number of amides is 1. The molecule has 1 aliphatic heterocycles. The highest BCUT2D eigenvalue weighted by Gasteiger charge is 2.24. The Labute approximate surface area is 126 Å². The first-order valence-electron chi connectivity index (χ1n) is 6.87. The van der Waals surface area contributed by atoms with Crippen molar-refractivity contribution >= 4 is 11.9 Å². The van der Waals surface area contributed by atoms with Crippen LogP contribution in [-0.4, -0.2) is 28.6 Å². The maximum atomic E-state index is 12.3. The number of ether oxygens (including phenoxy) is 1. The van der Waals surface area contributed by atoms with Crippen LogP contribution in [0.5, 0.6) is 5.75 Å². The number of carboxylic acids is 1. The van der Waals surface area contributed by atoms with Gasteiger partial charge in [0.25, 0.3) is 5.91 Å². The van der Waals surface area contributed by atoms with Crippen LogP contribution in [0.1, 0.15) is 38.9 Å². The van der Waals surface area contributed by atoms with Crippen molar-refractivity contribution in [2.45, 2.75) is 12.5 Å². The molecule has 0 radical (unpaired) electrons. The van der Waals surface area contributed by atoms with Crippen molar-refractivity contribution in [3.8, 4) is 5.75 Å². The standard InChI is InChI=1S/C16H14N2O4/c19-15(10-3-1-4-11(9-10)16(20)21)18-12-6-8-22-13-5-2-7-17-14(12)13/h1-5,7,9,12H,6,8H2,(H,18,19)(H,20,21). The number of pyridine rings is 1. The molecular weight excluding hydrogens is 284 g/mol. The molecule has 0 saturated heterocycles. The molecule has 1 atom stereocenters. The number of nitrogens with one attached hydrogen (secondary N) is 1. The molecule has 1 amide bonds. The summed E-state index contributed by atoms with van der Waals surface area (Å²) < 4.78 is 5.50. The SMILES string of the molecule is O=C(O)c1cccc(C(=O)NC2CCOc3cccnc32)c1. The summed E-state index contributed by atoms with van der Waals surface area (Å²) in [6, 6.07) is 9.28. The number of fused-ring (bicyclic) bond motifs is 1. The lowest BCUT2D eigenvalue weighted by molar-refractivity contribution is 0.0697. The average molecular weight is 298 g/mol. The molecule has 22 heavy (non-hydrogen) atoms. The smallest absolute Gasteiger partial charge is 0.335 e. The van der Waals surface area contributed by atoms with Crippen molar-refractivity contribution in [2.24, 2.45) is 0 Å². The average Bonchev–Trinajstić information content (AvgIpc) is 2.55. The maximum absolute atomic E-state index is 12.3. The van der Waals surface area contributed by atoms with Crippen LogP contribution in [0.2, 0.25) is 0 Å². The van der Waals surface area contributed by atoms with Crippen LogP contribution >= 0.6 is 0 Å². The van der Waals surface area contributed by atoms with Crippen LogP contribution in [0.15, 0.2) is 42.6 Å². The van der Waals surface area contributed by atoms with E-state index >= 15 is 0 Å². The van der Waals surface area contributed by atoms with E-state index in [1.807, 2.05) is 6.07 Å². The molecule has 6 heteroatoms. The van der Waals surface area contributed by atoms with Gasteiger partial charge < -0.3 is 15.2 Å². The van der Waals surface area contributed by atoms with Gasteiger partial charge in [0.1, 0.15) is 11.4 Å². The summed E-state index contributed by atoms with van der Waals surface area (Å²) in [6.45, 7) is 0.499. The Morgan fingerprint density at radius 3 is 2.86 bits per heavy atom. The molecule has 2 heterocycles. The third-order valence-corrected chi connectivity index (χ3v) is 3.47. The lowest BCUT2D eigenvalue weighted by Gasteiger charge is -2.25. The van der Waals surface area contributed by atoms with Gasteiger partial charge in [-0.1, -0.05) is 6.07 Å². The number of aromatic nitrogens is 1. The molecule has 112 valence electrons. The number of benzene rings is 1. The molecule has 0 spiro atoms. The lowest BCUT2D eigenvalue weighted by atomic mass is 10.0. The first-order valence-corrected chi connectivity index (χ1v) is 6.87. The Morgan fingerprint density at radius 2 is 2.05 bits per heavy atom. The van der Waals surface area contributed by atoms with Crippen molar-refractivity contribution < 1.29 is 19.4 Å². The van der Waals surface area contributed by atoms with E-state index in [4.69, 9.17) is 9.84 Å². The zero-order valence-corrected chi connectivity index (χ0v) is 11.7. The van der Waals surface area contributed by atoms with Crippen LogP contribution < -0.4 is 10.1 Å². The van der Waals surface area contributed by atoms with Crippen molar-refractivity contribution in [3.05, 3.63) is 59.4 Å². The van der Waals surface area contributed by atoms with E-state index in [0.717, 1.165) is 0 Å². The van der Waals surface area contributed by atoms with Crippen molar-refractivity contribution in [3.63, 3.8) is 0 Å². The quantitative estimate of drug-likeness (QED) is 0.905. The number of hydrogen-bond donors (Lipinski definition) is 2. The molecule has 2 aromatic rings. The largest absolute Gasteiger partial charge is 0.491 e. The number of carbonyl (C=O) groups is 2. The molecule has 0 saturated carbocycles. The third kappa shape index (κ3) is 2.76. The monoisotopic (exact) mass is 298 g/mol. The number of nitrogens with zero attached hydrogens (tertiary/aromatic N) is 1. The molecule has 0 fully saturated rings. The van der Waals surface area contributed by atoms with Gasteiger partial charge in [-0.2, -0.15) is 0 Å². The van der Waals surface area contributed by atoms with Gasteiger partial charge in [0.2, 0.25) is 0 Å². The van der Waals surface area contributed by atoms with Crippen molar-refractivity contribution in [2.75, 3.05) is 6.61 Å². The summed E-state index contributed by atoms with van der Waals surface area (Å²) in [5, 5.41) is 11.9. The van der Waals surface area contributed by atoms with Gasteiger partial charge in [-0.05, 0) is 30.3 Å². The number of carboxylic acid groups (broad SMARTS) is 1. The normalized spacial score (nSPS) is 16.3. The van der Waals surface area contributed by atoms with E-state index in [9.17, 15) is 9.59 Å². The van der Waals surface area contributed by atoms with E-state index in [1.54, 1.807) is 24.4 Å². The van der Waals surface area contributed by atoms with E-state index in [2.05, 4.69) is 10.3 Å². The number of hydrogen-bond acceptors (Lipinski definition) is 4. The van der Waals surface area contributed by atoms with Gasteiger partial charge in [-0.15, -0.1) is 0 Å². The van der Waals surface area contributed by atoms with Crippen molar-refractivity contribution in [1.29, 1.82) is 0 Å². The molecule has 1 unspecified atom stereocenters. The third-order valence-electron chi connectivity index (χ3n) is 3.47. The van der Waals surface area contributed by atoms with Crippen LogP contribution in [0.25, 0.3) is 0 Å². The summed E-state index contributed by atoms with van der Waals surface area (Å²) in [7, 11) is 0. The van der Waals surface area contributed by atoms with Gasteiger partial charge in [-0.3, -0.25) is 9.78 Å². The molecule has 3 rings (SSSR count). The summed E-state index contributed by atoms with van der Waals surface area (Å²) in [4.78, 5) is 27.6. The minimum atomic E-state index is -1.06. The first kappa shape index (κ1) is 14.1. The molecule has 1 aromatic carbocycles. The second kappa shape index (κ2) is 5.85. The fraction of sp³-hybridized carbons (Fsp3) is 0.188. The Balaban J connectivity index is 1.81. The molecule has 1 aromatic heterocycles. The zero-order valence-electron chi connectivity index (χ0n) is 11.7. The first-order chi connectivity index (χ1) is 10.6. The van der Waals surface area contributed by atoms with Crippen LogP contribution in [0.4, 0.5) is 0 Å². The summed E-state index contributed by atoms with van der Waals surface area (Å²) in [5.41, 5.74) is 1.08. The van der Waals surface area contributed by atoms with Crippen molar-refractivity contribution in [1.82, 2.24) is 10.3 Å². The number of carbonyl (C=O) groups excluding carboxylic acids is 1. The predicted molar refractivity (Wildman–Crippen MR) is 78.0 cm³/mol. The van der Waals surface area contributed by atoms with E-state index < -0.39 is 5.97 Å². The Kier molecular flexibility index (Phi) is 3.74. The van der Waals surface area contributed by atoms with Gasteiger partial charge in [0, 0.05) is 18.2 Å². The molecule has 2 N–H and O–H groups in total. The topological polar surface area (TPSA) is 88.5 Å². The molecule has 0 bridgehead atoms. The Bertz CT molecular complexity index is 730. The Morgan fingerprint density at radius 1 is 1.23 bits per heavy atom. The molecule has 1 aliphatic rings. The highest BCUT2D eigenvalue weighted by Crippen LogP contribution is 2.29. The minimum absolute atomic E-state index is 0.0816. The lowest BCUT2D eigenvalue weighted by Crippen LogP contribution is -2.32. The van der Waals surface area contributed by atoms with Gasteiger partial charge in [0.15, 0.2) is 0 Å². The van der Waals surface area contributed by atoms with Gasteiger partial charge >= 0.3 is 5.97 Å². The van der Waals surface area contributed by atoms with Crippen LogP contribution in [0, 0.1) is 0 Å². The number of aromatic carboxylic acids is 1. The highest BCUT2D eigenvalue weighted by atomic mass is 16.5. The van der Waals surface area contributed by atoms with Gasteiger partial charge in [0.05, 0.1) is 18.2 Å². The fourth-order valence-corrected chi connectivity index (χ4v) is 2.39. The molecule has 0 aliphatic carbocycles. The van der Waals surface area contributed by atoms with E-state index in [-0.39, 0.29) is 17.5 Å². The van der Waals surface area contributed by atoms with Gasteiger partial charge in [-0.25, -0.2) is 4.79 Å². The van der Waals surface area contributed by atoms with Crippen LogP contribution in [-0.2, 0) is 0 Å². The fourth-order valence-electron chi connectivity index (χ4n) is 2.39. The summed E-state index contributed by atoms with van der Waals surface area (Å²) in [5.74, 6) is -0.724. The minimum Gasteiger partial charge on any atom is -0.491 e.